The van der Waals surface area contributed by atoms with E-state index in [0.717, 1.165) is 64.6 Å². The van der Waals surface area contributed by atoms with Crippen molar-refractivity contribution in [1.29, 1.82) is 0 Å². The van der Waals surface area contributed by atoms with Crippen LogP contribution in [-0.4, -0.2) is 78.1 Å². The number of ether oxygens (including phenoxy) is 2. The summed E-state index contributed by atoms with van der Waals surface area (Å²) in [5.41, 5.74) is 6.65. The maximum absolute atomic E-state index is 12.2. The van der Waals surface area contributed by atoms with Crippen molar-refractivity contribution < 1.29 is 33.2 Å². The van der Waals surface area contributed by atoms with E-state index >= 15 is 0 Å². The van der Waals surface area contributed by atoms with Crippen LogP contribution in [0.2, 0.25) is 5.15 Å². The van der Waals surface area contributed by atoms with E-state index in [0.29, 0.717) is 40.5 Å². The van der Waals surface area contributed by atoms with E-state index in [2.05, 4.69) is 67.6 Å². The van der Waals surface area contributed by atoms with Crippen LogP contribution in [0.5, 0.6) is 5.88 Å². The second kappa shape index (κ2) is 16.7. The van der Waals surface area contributed by atoms with Crippen molar-refractivity contribution >= 4 is 45.3 Å². The maximum Gasteiger partial charge on any atom is 0.306 e. The molecule has 18 heteroatoms. The predicted molar refractivity (Wildman–Crippen MR) is 231 cm³/mol. The summed E-state index contributed by atoms with van der Waals surface area (Å²) < 4.78 is 26.2. The third kappa shape index (κ3) is 9.00. The Kier molecular flexibility index (Phi) is 11.0. The molecule has 1 N–H and O–H groups in total. The van der Waals surface area contributed by atoms with Gasteiger partial charge in [-0.05, 0) is 102 Å². The van der Waals surface area contributed by atoms with Crippen molar-refractivity contribution in [1.82, 2.24) is 49.4 Å². The van der Waals surface area contributed by atoms with E-state index in [-0.39, 0.29) is 42.1 Å². The number of aliphatic carboxylic acids is 1. The molecule has 63 heavy (non-hydrogen) atoms. The largest absolute Gasteiger partial charge is 0.481 e. The number of fused-ring (bicyclic) bond motifs is 6. The number of aromatic nitrogens is 10. The van der Waals surface area contributed by atoms with Crippen molar-refractivity contribution in [2.45, 2.75) is 91.0 Å². The lowest BCUT2D eigenvalue weighted by atomic mass is 10.0. The summed E-state index contributed by atoms with van der Waals surface area (Å²) >= 11 is 5.78. The zero-order chi connectivity index (χ0) is 44.0. The van der Waals surface area contributed by atoms with Crippen molar-refractivity contribution in [3.63, 3.8) is 0 Å². The SMILES string of the molecule is CC(C)(C)OC(=O)CC1Cc2cc3cc(-c4noc(-c5cnc(Cl)cn5)n4)ccc3n2C1.CC(C)Oc1cnc(-c2nc(-c3ccc4c(c3)cc3n4CCC3CC(=O)O)no2)cn1. The highest BCUT2D eigenvalue weighted by Crippen LogP contribution is 2.38. The monoisotopic (exact) mass is 870 g/mol. The second-order valence-electron chi connectivity index (χ2n) is 16.9. The van der Waals surface area contributed by atoms with Gasteiger partial charge < -0.3 is 32.8 Å². The fourth-order valence-electron chi connectivity index (χ4n) is 8.14. The lowest BCUT2D eigenvalue weighted by molar-refractivity contribution is -0.156. The molecule has 6 aromatic heterocycles. The molecule has 10 rings (SSSR count). The Morgan fingerprint density at radius 3 is 2.05 bits per heavy atom. The highest BCUT2D eigenvalue weighted by atomic mass is 35.5. The molecule has 2 aromatic carbocycles. The standard InChI is InChI=1S/C23H22ClN5O3.C22H21N5O4/c1-23(2,3)31-20(30)7-13-6-16-9-15-8-14(4-5-18(15)29(16)12-13)21-27-22(32-28-21)17-10-26-19(24)11-25-17;1-12(2)30-19-11-23-16(10-24-19)22-25-21(26-31-22)14-3-4-17-15(7-14)8-18-13(9-20(28)29)5-6-27(17)18/h4-5,8-11,13H,6-7,12H2,1-3H3;3-4,7-8,10-13H,5-6,9H2,1-2H3,(H,28,29). The number of carbonyl (C=O) groups is 2. The van der Waals surface area contributed by atoms with E-state index in [1.54, 1.807) is 6.20 Å². The summed E-state index contributed by atoms with van der Waals surface area (Å²) in [5, 5.41) is 19.8. The molecule has 0 bridgehead atoms. The summed E-state index contributed by atoms with van der Waals surface area (Å²) in [5.74, 6) is 1.33. The summed E-state index contributed by atoms with van der Waals surface area (Å²) in [7, 11) is 0. The van der Waals surface area contributed by atoms with Gasteiger partial charge in [0.05, 0.1) is 43.7 Å². The number of aryl methyl sites for hydroxylation is 1. The quantitative estimate of drug-likeness (QED) is 0.127. The fraction of sp³-hybridized carbons (Fsp3) is 0.333. The minimum atomic E-state index is -0.768. The van der Waals surface area contributed by atoms with Crippen LogP contribution in [0.4, 0.5) is 0 Å². The van der Waals surface area contributed by atoms with Gasteiger partial charge in [-0.1, -0.05) is 21.9 Å². The molecule has 0 radical (unpaired) electrons. The average Bonchev–Trinajstić information content (AvgIpc) is 4.09. The predicted octanol–water partition coefficient (Wildman–Crippen LogP) is 8.60. The zero-order valence-electron chi connectivity index (χ0n) is 35.1. The first-order valence-electron chi connectivity index (χ1n) is 20.6. The molecular formula is C45H43ClN10O7. The van der Waals surface area contributed by atoms with Crippen LogP contribution in [0.15, 0.2) is 82.4 Å². The fourth-order valence-corrected chi connectivity index (χ4v) is 8.23. The molecule has 8 aromatic rings. The van der Waals surface area contributed by atoms with Gasteiger partial charge in [-0.3, -0.25) is 9.59 Å². The van der Waals surface area contributed by atoms with Gasteiger partial charge in [0.2, 0.25) is 17.5 Å². The first-order chi connectivity index (χ1) is 30.2. The van der Waals surface area contributed by atoms with Crippen molar-refractivity contribution in [2.75, 3.05) is 0 Å². The number of hydrogen-bond acceptors (Lipinski definition) is 14. The molecule has 0 fully saturated rings. The van der Waals surface area contributed by atoms with Gasteiger partial charge in [0.1, 0.15) is 22.1 Å². The van der Waals surface area contributed by atoms with Crippen LogP contribution in [-0.2, 0) is 33.8 Å². The average molecular weight is 871 g/mol. The summed E-state index contributed by atoms with van der Waals surface area (Å²) in [6.45, 7) is 11.2. The van der Waals surface area contributed by atoms with Crippen LogP contribution in [0, 0.1) is 5.92 Å². The van der Waals surface area contributed by atoms with Crippen molar-refractivity contribution in [3.8, 4) is 51.8 Å². The Morgan fingerprint density at radius 1 is 0.825 bits per heavy atom. The number of nitrogens with zero attached hydrogens (tertiary/aromatic N) is 10. The van der Waals surface area contributed by atoms with Gasteiger partial charge in [-0.15, -0.1) is 0 Å². The second-order valence-corrected chi connectivity index (χ2v) is 17.3. The van der Waals surface area contributed by atoms with Crippen molar-refractivity contribution in [3.05, 3.63) is 89.9 Å². The molecule has 8 heterocycles. The lowest BCUT2D eigenvalue weighted by Gasteiger charge is -2.20. The van der Waals surface area contributed by atoms with Gasteiger partial charge in [-0.2, -0.15) is 9.97 Å². The van der Waals surface area contributed by atoms with Crippen LogP contribution in [0.25, 0.3) is 67.8 Å². The molecule has 2 atom stereocenters. The number of esters is 1. The number of hydrogen-bond donors (Lipinski definition) is 1. The number of carboxylic acid groups (broad SMARTS) is 1. The molecule has 0 spiro atoms. The highest BCUT2D eigenvalue weighted by Gasteiger charge is 2.29. The number of carbonyl (C=O) groups excluding carboxylic acids is 1. The smallest absolute Gasteiger partial charge is 0.306 e. The zero-order valence-corrected chi connectivity index (χ0v) is 35.9. The Hall–Kier alpha value is -7.01. The molecule has 2 unspecified atom stereocenters. The summed E-state index contributed by atoms with van der Waals surface area (Å²) in [6, 6.07) is 16.3. The van der Waals surface area contributed by atoms with Gasteiger partial charge in [0, 0.05) is 63.3 Å². The van der Waals surface area contributed by atoms with Crippen LogP contribution >= 0.6 is 11.6 Å². The maximum atomic E-state index is 12.2. The highest BCUT2D eigenvalue weighted by molar-refractivity contribution is 6.29. The Bertz CT molecular complexity index is 2970. The molecular weight excluding hydrogens is 828 g/mol. The number of rotatable bonds is 10. The van der Waals surface area contributed by atoms with Gasteiger partial charge in [0.25, 0.3) is 11.8 Å². The molecule has 322 valence electrons. The molecule has 17 nitrogen and oxygen atoms in total. The number of halogens is 1. The Labute approximate surface area is 365 Å². The van der Waals surface area contributed by atoms with E-state index in [9.17, 15) is 9.59 Å². The van der Waals surface area contributed by atoms with Gasteiger partial charge >= 0.3 is 11.9 Å². The van der Waals surface area contributed by atoms with Crippen molar-refractivity contribution in [2.24, 2.45) is 5.92 Å². The van der Waals surface area contributed by atoms with Crippen LogP contribution < -0.4 is 4.74 Å². The minimum Gasteiger partial charge on any atom is -0.481 e. The summed E-state index contributed by atoms with van der Waals surface area (Å²) in [4.78, 5) is 48.9. The molecule has 0 saturated carbocycles. The van der Waals surface area contributed by atoms with E-state index < -0.39 is 11.6 Å². The van der Waals surface area contributed by atoms with Crippen LogP contribution in [0.3, 0.4) is 0 Å². The molecule has 0 saturated heterocycles. The molecule has 2 aliphatic rings. The molecule has 0 aliphatic carbocycles. The number of benzene rings is 2. The van der Waals surface area contributed by atoms with E-state index in [4.69, 9.17) is 35.2 Å². The molecule has 2 aliphatic heterocycles. The third-order valence-corrected chi connectivity index (χ3v) is 10.9. The molecule has 0 amide bonds. The van der Waals surface area contributed by atoms with Gasteiger partial charge in [0.15, 0.2) is 0 Å². The normalized spacial score (nSPS) is 15.7. The van der Waals surface area contributed by atoms with Gasteiger partial charge in [-0.25, -0.2) is 19.9 Å². The first-order valence-corrected chi connectivity index (χ1v) is 20.9. The number of carboxylic acids is 1. The Morgan fingerprint density at radius 2 is 1.46 bits per heavy atom. The van der Waals surface area contributed by atoms with Crippen LogP contribution in [0.1, 0.15) is 71.2 Å². The van der Waals surface area contributed by atoms with E-state index in [1.807, 2.05) is 65.0 Å². The van der Waals surface area contributed by atoms with E-state index in [1.165, 1.54) is 24.3 Å². The minimum absolute atomic E-state index is 0.0141. The lowest BCUT2D eigenvalue weighted by Crippen LogP contribution is -2.25. The third-order valence-electron chi connectivity index (χ3n) is 10.7. The Balaban J connectivity index is 0.000000160. The first kappa shape index (κ1) is 41.3. The summed E-state index contributed by atoms with van der Waals surface area (Å²) in [6.07, 6.45) is 8.30. The topological polar surface area (TPSA) is 212 Å².